The van der Waals surface area contributed by atoms with E-state index in [1.807, 2.05) is 25.1 Å². The van der Waals surface area contributed by atoms with Gasteiger partial charge in [-0.25, -0.2) is 9.48 Å². The molecule has 1 aliphatic carbocycles. The molecule has 2 bridgehead atoms. The highest BCUT2D eigenvalue weighted by atomic mass is 16.6. The number of ketones is 2. The minimum atomic E-state index is -1.02. The number of carbonyl (C=O) groups is 4. The van der Waals surface area contributed by atoms with Crippen LogP contribution in [0.5, 0.6) is 11.5 Å². The number of aromatic nitrogens is 3. The number of allylic oxidation sites excluding steroid dienone is 4. The van der Waals surface area contributed by atoms with Crippen molar-refractivity contribution in [2.45, 2.75) is 78.1 Å². The highest BCUT2D eigenvalue weighted by Gasteiger charge is 2.33. The Labute approximate surface area is 344 Å². The third-order valence-corrected chi connectivity index (χ3v) is 9.97. The molecule has 0 unspecified atom stereocenters. The first-order valence-electron chi connectivity index (χ1n) is 19.2. The summed E-state index contributed by atoms with van der Waals surface area (Å²) in [6, 6.07) is 5.60. The predicted octanol–water partition coefficient (Wildman–Crippen LogP) is 3.23. The van der Waals surface area contributed by atoms with Crippen LogP contribution in [0.15, 0.2) is 82.9 Å². The van der Waals surface area contributed by atoms with Gasteiger partial charge in [-0.05, 0) is 55.9 Å². The lowest BCUT2D eigenvalue weighted by Crippen LogP contribution is -2.38. The van der Waals surface area contributed by atoms with E-state index in [1.54, 1.807) is 64.1 Å². The summed E-state index contributed by atoms with van der Waals surface area (Å²) in [4.78, 5) is 52.8. The standard InChI is InChI=1S/C42H56N6O11/c1-24-16-30-37(44-14-15-58-23-29-22-48(47-46-29)21-28-12-13-33(54-5)35(19-28)56-7)32(49)20-31(39(30)51)45-41(52)25(2)10-9-11-34(55-6)40(59-42(43)53)27(4)18-26(3)38(50)36(17-24)57-8/h9-13,18-20,22,24,26,34,36,38,40,44,50H,14-17,21,23H2,1-8H3,(H2,43,53)(H,45,52)/b11-9-,25-10+,27-18+/t24-,26+,34+,36+,38-,40+/m1/s1. The van der Waals surface area contributed by atoms with Gasteiger partial charge in [-0.3, -0.25) is 14.4 Å². The molecule has 1 aromatic carbocycles. The molecule has 59 heavy (non-hydrogen) atoms. The van der Waals surface area contributed by atoms with Gasteiger partial charge in [0.15, 0.2) is 17.6 Å². The summed E-state index contributed by atoms with van der Waals surface area (Å²) < 4.78 is 34.9. The van der Waals surface area contributed by atoms with E-state index < -0.39 is 53.9 Å². The summed E-state index contributed by atoms with van der Waals surface area (Å²) in [5, 5.41) is 25.5. The maximum atomic E-state index is 14.0. The number of carbonyl (C=O) groups excluding carboxylic acids is 4. The lowest BCUT2D eigenvalue weighted by molar-refractivity contribution is -0.120. The van der Waals surface area contributed by atoms with E-state index in [0.29, 0.717) is 35.7 Å². The summed E-state index contributed by atoms with van der Waals surface area (Å²) in [6.07, 6.45) is 5.22. The SMILES string of the molecule is COc1ccc(Cn2cc(COCCNC3=C4C[C@@H](C)C[C@H](OC)[C@H](O)[C@@H](C)/C=C(\C)[C@H](OC(N)=O)[C@@H](OC)/C=C\C=C(/C)C(=O)NC(=CC3=O)C4=O)nn2)cc1OC. The minimum absolute atomic E-state index is 0.0953. The molecular formula is C42H56N6O11. The van der Waals surface area contributed by atoms with Gasteiger partial charge in [0.2, 0.25) is 11.6 Å². The van der Waals surface area contributed by atoms with Crippen LogP contribution >= 0.6 is 0 Å². The molecule has 320 valence electrons. The number of ether oxygens (including phenoxy) is 6. The zero-order valence-corrected chi connectivity index (χ0v) is 34.9. The molecule has 0 radical (unpaired) electrons. The second-order valence-electron chi connectivity index (χ2n) is 14.5. The second kappa shape index (κ2) is 21.9. The summed E-state index contributed by atoms with van der Waals surface area (Å²) in [5.74, 6) is -1.15. The van der Waals surface area contributed by atoms with Crippen molar-refractivity contribution in [3.05, 3.63) is 94.1 Å². The molecule has 2 aliphatic rings. The second-order valence-corrected chi connectivity index (χ2v) is 14.5. The molecule has 2 heterocycles. The third kappa shape index (κ3) is 12.7. The number of fused-ring (bicyclic) bond motifs is 2. The zero-order valence-electron chi connectivity index (χ0n) is 34.9. The Morgan fingerprint density at radius 1 is 1.07 bits per heavy atom. The Morgan fingerprint density at radius 2 is 1.81 bits per heavy atom. The largest absolute Gasteiger partial charge is 0.493 e. The molecule has 2 amide bonds. The fourth-order valence-corrected chi connectivity index (χ4v) is 6.85. The fraction of sp³-hybridized carbons (Fsp3) is 0.476. The van der Waals surface area contributed by atoms with Crippen molar-refractivity contribution in [3.8, 4) is 11.5 Å². The lowest BCUT2D eigenvalue weighted by Gasteiger charge is -2.30. The first-order chi connectivity index (χ1) is 28.2. The number of nitrogens with one attached hydrogen (secondary N) is 2. The minimum Gasteiger partial charge on any atom is -0.493 e. The van der Waals surface area contributed by atoms with E-state index in [9.17, 15) is 24.3 Å². The number of primary amides is 1. The van der Waals surface area contributed by atoms with E-state index in [4.69, 9.17) is 34.2 Å². The van der Waals surface area contributed by atoms with E-state index in [0.717, 1.165) is 11.6 Å². The highest BCUT2D eigenvalue weighted by molar-refractivity contribution is 6.23. The molecule has 2 aromatic rings. The topological polar surface area (TPSA) is 225 Å². The Balaban J connectivity index is 1.52. The van der Waals surface area contributed by atoms with Crippen LogP contribution in [0, 0.1) is 11.8 Å². The Bertz CT molecular complexity index is 1980. The number of benzene rings is 1. The van der Waals surface area contributed by atoms with Crippen LogP contribution in [-0.4, -0.2) is 110 Å². The fourth-order valence-electron chi connectivity index (χ4n) is 6.85. The maximum Gasteiger partial charge on any atom is 0.405 e. The van der Waals surface area contributed by atoms with Gasteiger partial charge in [0.25, 0.3) is 5.91 Å². The Hall–Kier alpha value is -5.62. The van der Waals surface area contributed by atoms with Gasteiger partial charge in [-0.15, -0.1) is 5.10 Å². The van der Waals surface area contributed by atoms with Gasteiger partial charge in [0, 0.05) is 43.9 Å². The normalized spacial score (nSPS) is 25.8. The van der Waals surface area contributed by atoms with Crippen LogP contribution in [0.4, 0.5) is 4.79 Å². The molecule has 17 heteroatoms. The first-order valence-corrected chi connectivity index (χ1v) is 19.2. The quantitative estimate of drug-likeness (QED) is 0.129. The monoisotopic (exact) mass is 820 g/mol. The smallest absolute Gasteiger partial charge is 0.405 e. The molecule has 0 saturated carbocycles. The number of nitrogens with zero attached hydrogens (tertiary/aromatic N) is 3. The van der Waals surface area contributed by atoms with E-state index in [-0.39, 0.29) is 54.6 Å². The van der Waals surface area contributed by atoms with Crippen LogP contribution in [-0.2, 0) is 46.5 Å². The van der Waals surface area contributed by atoms with Crippen molar-refractivity contribution in [2.75, 3.05) is 41.6 Å². The number of hydrogen-bond acceptors (Lipinski definition) is 14. The maximum absolute atomic E-state index is 14.0. The van der Waals surface area contributed by atoms with Crippen molar-refractivity contribution in [1.82, 2.24) is 25.6 Å². The van der Waals surface area contributed by atoms with Crippen molar-refractivity contribution in [2.24, 2.45) is 17.6 Å². The van der Waals surface area contributed by atoms with Gasteiger partial charge in [-0.2, -0.15) is 0 Å². The number of nitrogens with two attached hydrogens (primary N) is 1. The summed E-state index contributed by atoms with van der Waals surface area (Å²) in [7, 11) is 6.06. The molecule has 6 atom stereocenters. The van der Waals surface area contributed by atoms with Crippen LogP contribution in [0.1, 0.15) is 51.8 Å². The van der Waals surface area contributed by atoms with E-state index >= 15 is 0 Å². The average Bonchev–Trinajstić information content (AvgIpc) is 3.66. The Morgan fingerprint density at radius 3 is 2.49 bits per heavy atom. The molecule has 0 fully saturated rings. The number of Topliss-reactive ketones (excluding diaryl/α,β-unsaturated/α-hetero) is 1. The summed E-state index contributed by atoms with van der Waals surface area (Å²) in [6.45, 7) is 7.90. The van der Waals surface area contributed by atoms with Crippen molar-refractivity contribution in [3.63, 3.8) is 0 Å². The predicted molar refractivity (Wildman–Crippen MR) is 216 cm³/mol. The van der Waals surface area contributed by atoms with Crippen molar-refractivity contribution in [1.29, 1.82) is 0 Å². The third-order valence-electron chi connectivity index (χ3n) is 9.97. The number of amides is 2. The van der Waals surface area contributed by atoms with Crippen LogP contribution in [0.2, 0.25) is 0 Å². The van der Waals surface area contributed by atoms with Gasteiger partial charge >= 0.3 is 6.09 Å². The van der Waals surface area contributed by atoms with Crippen LogP contribution < -0.4 is 25.8 Å². The first kappa shape index (κ1) is 46.1. The average molecular weight is 821 g/mol. The molecule has 4 rings (SSSR count). The van der Waals surface area contributed by atoms with Gasteiger partial charge in [0.05, 0.1) is 63.8 Å². The van der Waals surface area contributed by atoms with Gasteiger partial charge in [-0.1, -0.05) is 49.4 Å². The highest BCUT2D eigenvalue weighted by Crippen LogP contribution is 2.30. The molecule has 17 nitrogen and oxygen atoms in total. The van der Waals surface area contributed by atoms with Crippen LogP contribution in [0.25, 0.3) is 0 Å². The van der Waals surface area contributed by atoms with Gasteiger partial charge in [0.1, 0.15) is 11.8 Å². The van der Waals surface area contributed by atoms with Gasteiger partial charge < -0.3 is 49.9 Å². The number of aliphatic hydroxyl groups excluding tert-OH is 1. The summed E-state index contributed by atoms with van der Waals surface area (Å²) >= 11 is 0. The number of hydrogen-bond donors (Lipinski definition) is 4. The number of methoxy groups -OCH3 is 4. The van der Waals surface area contributed by atoms with E-state index in [2.05, 4.69) is 20.9 Å². The number of aliphatic hydroxyl groups is 1. The lowest BCUT2D eigenvalue weighted by atomic mass is 9.85. The Kier molecular flexibility index (Phi) is 17.1. The van der Waals surface area contributed by atoms with E-state index in [1.165, 1.54) is 20.3 Å². The molecule has 5 N–H and O–H groups in total. The molecule has 0 saturated heterocycles. The molecular weight excluding hydrogens is 764 g/mol. The van der Waals surface area contributed by atoms with Crippen LogP contribution in [0.3, 0.4) is 0 Å². The number of rotatable bonds is 13. The molecule has 1 aromatic heterocycles. The van der Waals surface area contributed by atoms with Crippen molar-refractivity contribution < 1.29 is 52.7 Å². The molecule has 1 aliphatic heterocycles. The molecule has 0 spiro atoms. The van der Waals surface area contributed by atoms with Crippen molar-refractivity contribution >= 4 is 23.6 Å². The summed E-state index contributed by atoms with van der Waals surface area (Å²) in [5.41, 5.74) is 7.82. The zero-order chi connectivity index (χ0) is 43.2.